The molecule has 0 saturated heterocycles. The SMILES string of the molecule is C[C@@H]1c2nn(C)c(-c3cc(F)cc(Cl)c3)c2CCN1C(=O)c1ccc2ncccc2c1. The molecule has 0 aliphatic carbocycles. The van der Waals surface area contributed by atoms with Crippen molar-refractivity contribution in [2.75, 3.05) is 6.54 Å². The summed E-state index contributed by atoms with van der Waals surface area (Å²) in [5, 5.41) is 5.97. The number of fused-ring (bicyclic) bond motifs is 2. The maximum atomic E-state index is 14.0. The predicted octanol–water partition coefficient (Wildman–Crippen LogP) is 5.19. The fourth-order valence-corrected chi connectivity index (χ4v) is 4.67. The normalized spacial score (nSPS) is 15.9. The molecule has 2 aromatic heterocycles. The highest BCUT2D eigenvalue weighted by molar-refractivity contribution is 6.30. The lowest BCUT2D eigenvalue weighted by Gasteiger charge is -2.33. The first-order chi connectivity index (χ1) is 14.9. The second-order valence-corrected chi connectivity index (χ2v) is 8.27. The molecule has 31 heavy (non-hydrogen) atoms. The van der Waals surface area contributed by atoms with Gasteiger partial charge in [-0.15, -0.1) is 0 Å². The van der Waals surface area contributed by atoms with Gasteiger partial charge in [-0.05, 0) is 55.8 Å². The van der Waals surface area contributed by atoms with Gasteiger partial charge in [0.2, 0.25) is 0 Å². The number of carbonyl (C=O) groups excluding carboxylic acids is 1. The summed E-state index contributed by atoms with van der Waals surface area (Å²) in [6.07, 6.45) is 2.38. The van der Waals surface area contributed by atoms with Crippen LogP contribution in [0.5, 0.6) is 0 Å². The van der Waals surface area contributed by atoms with Crippen LogP contribution in [-0.2, 0) is 13.5 Å². The van der Waals surface area contributed by atoms with Crippen molar-refractivity contribution in [1.29, 1.82) is 0 Å². The third-order valence-corrected chi connectivity index (χ3v) is 6.11. The maximum absolute atomic E-state index is 14.0. The Labute approximate surface area is 184 Å². The number of benzene rings is 2. The van der Waals surface area contributed by atoms with Crippen LogP contribution < -0.4 is 0 Å². The third-order valence-electron chi connectivity index (χ3n) is 5.89. The number of halogens is 2. The van der Waals surface area contributed by atoms with Gasteiger partial charge in [-0.25, -0.2) is 4.39 Å². The first-order valence-electron chi connectivity index (χ1n) is 10.1. The number of hydrogen-bond acceptors (Lipinski definition) is 3. The van der Waals surface area contributed by atoms with Gasteiger partial charge in [0, 0.05) is 46.9 Å². The van der Waals surface area contributed by atoms with Crippen molar-refractivity contribution in [1.82, 2.24) is 19.7 Å². The first kappa shape index (κ1) is 19.7. The zero-order valence-corrected chi connectivity index (χ0v) is 17.9. The molecular formula is C24H20ClFN4O. The highest BCUT2D eigenvalue weighted by Gasteiger charge is 2.33. The van der Waals surface area contributed by atoms with Crippen LogP contribution in [0.2, 0.25) is 5.02 Å². The van der Waals surface area contributed by atoms with Crippen LogP contribution in [0.1, 0.15) is 34.6 Å². The monoisotopic (exact) mass is 434 g/mol. The van der Waals surface area contributed by atoms with Crippen molar-refractivity contribution in [2.45, 2.75) is 19.4 Å². The van der Waals surface area contributed by atoms with E-state index in [0.29, 0.717) is 29.1 Å². The molecule has 0 bridgehead atoms. The van der Waals surface area contributed by atoms with E-state index in [0.717, 1.165) is 27.9 Å². The number of nitrogens with zero attached hydrogens (tertiary/aromatic N) is 4. The molecular weight excluding hydrogens is 415 g/mol. The van der Waals surface area contributed by atoms with Crippen molar-refractivity contribution in [3.8, 4) is 11.3 Å². The fourth-order valence-electron chi connectivity index (χ4n) is 4.45. The van der Waals surface area contributed by atoms with Crippen molar-refractivity contribution in [2.24, 2.45) is 7.05 Å². The van der Waals surface area contributed by atoms with Crippen LogP contribution in [0.15, 0.2) is 54.7 Å². The van der Waals surface area contributed by atoms with E-state index in [1.165, 1.54) is 12.1 Å². The van der Waals surface area contributed by atoms with E-state index in [1.54, 1.807) is 16.9 Å². The number of carbonyl (C=O) groups is 1. The molecule has 1 amide bonds. The minimum atomic E-state index is -0.385. The van der Waals surface area contributed by atoms with Gasteiger partial charge >= 0.3 is 0 Å². The highest BCUT2D eigenvalue weighted by atomic mass is 35.5. The van der Waals surface area contributed by atoms with Crippen LogP contribution >= 0.6 is 11.6 Å². The summed E-state index contributed by atoms with van der Waals surface area (Å²) < 4.78 is 15.7. The Bertz CT molecular complexity index is 1310. The zero-order chi connectivity index (χ0) is 21.7. The summed E-state index contributed by atoms with van der Waals surface area (Å²) in [4.78, 5) is 19.5. The molecule has 0 saturated carbocycles. The minimum Gasteiger partial charge on any atom is -0.330 e. The van der Waals surface area contributed by atoms with Gasteiger partial charge in [-0.1, -0.05) is 17.7 Å². The molecule has 3 heterocycles. The van der Waals surface area contributed by atoms with E-state index in [9.17, 15) is 9.18 Å². The Morgan fingerprint density at radius 3 is 2.84 bits per heavy atom. The summed E-state index contributed by atoms with van der Waals surface area (Å²) in [5.41, 5.74) is 4.88. The molecule has 7 heteroatoms. The molecule has 0 N–H and O–H groups in total. The molecule has 4 aromatic rings. The Balaban J connectivity index is 1.50. The molecule has 0 unspecified atom stereocenters. The number of rotatable bonds is 2. The number of hydrogen-bond donors (Lipinski definition) is 0. The molecule has 2 aromatic carbocycles. The van der Waals surface area contributed by atoms with Gasteiger partial charge in [0.05, 0.1) is 22.9 Å². The van der Waals surface area contributed by atoms with Crippen LogP contribution in [0.25, 0.3) is 22.2 Å². The molecule has 5 rings (SSSR count). The highest BCUT2D eigenvalue weighted by Crippen LogP contribution is 2.37. The first-order valence-corrected chi connectivity index (χ1v) is 10.5. The van der Waals surface area contributed by atoms with Gasteiger partial charge in [0.1, 0.15) is 5.82 Å². The predicted molar refractivity (Wildman–Crippen MR) is 119 cm³/mol. The Morgan fingerprint density at radius 1 is 1.19 bits per heavy atom. The van der Waals surface area contributed by atoms with E-state index in [-0.39, 0.29) is 17.8 Å². The molecule has 0 fully saturated rings. The van der Waals surface area contributed by atoms with Crippen molar-refractivity contribution < 1.29 is 9.18 Å². The Hall–Kier alpha value is -3.25. The molecule has 1 atom stereocenters. The van der Waals surface area contributed by atoms with Gasteiger partial charge in [-0.2, -0.15) is 5.10 Å². The summed E-state index contributed by atoms with van der Waals surface area (Å²) in [7, 11) is 1.83. The summed E-state index contributed by atoms with van der Waals surface area (Å²) >= 11 is 6.08. The molecule has 1 aliphatic rings. The average molecular weight is 435 g/mol. The molecule has 156 valence electrons. The van der Waals surface area contributed by atoms with Crippen LogP contribution in [0.3, 0.4) is 0 Å². The summed E-state index contributed by atoms with van der Waals surface area (Å²) in [6, 6.07) is 13.7. The number of aryl methyl sites for hydroxylation is 1. The van der Waals surface area contributed by atoms with Crippen molar-refractivity contribution >= 4 is 28.4 Å². The second kappa shape index (κ2) is 7.46. The Morgan fingerprint density at radius 2 is 2.03 bits per heavy atom. The van der Waals surface area contributed by atoms with Gasteiger partial charge in [0.15, 0.2) is 0 Å². The number of aromatic nitrogens is 3. The molecule has 0 radical (unpaired) electrons. The third kappa shape index (κ3) is 3.37. The van der Waals surface area contributed by atoms with Crippen LogP contribution in [0, 0.1) is 5.82 Å². The summed E-state index contributed by atoms with van der Waals surface area (Å²) in [5.74, 6) is -0.422. The Kier molecular flexibility index (Phi) is 4.74. The fraction of sp³-hybridized carbons (Fsp3) is 0.208. The van der Waals surface area contributed by atoms with Crippen LogP contribution in [-0.4, -0.2) is 32.1 Å². The van der Waals surface area contributed by atoms with E-state index in [4.69, 9.17) is 16.7 Å². The lowest BCUT2D eigenvalue weighted by molar-refractivity contribution is 0.0674. The van der Waals surface area contributed by atoms with Crippen molar-refractivity contribution in [3.05, 3.63) is 82.4 Å². The largest absolute Gasteiger partial charge is 0.330 e. The maximum Gasteiger partial charge on any atom is 0.254 e. The molecule has 1 aliphatic heterocycles. The van der Waals surface area contributed by atoms with Gasteiger partial charge in [0.25, 0.3) is 5.91 Å². The lowest BCUT2D eigenvalue weighted by Crippen LogP contribution is -2.38. The molecule has 5 nitrogen and oxygen atoms in total. The van der Waals surface area contributed by atoms with Crippen molar-refractivity contribution in [3.63, 3.8) is 0 Å². The zero-order valence-electron chi connectivity index (χ0n) is 17.1. The summed E-state index contributed by atoms with van der Waals surface area (Å²) in [6.45, 7) is 2.54. The van der Waals surface area contributed by atoms with E-state index < -0.39 is 0 Å². The second-order valence-electron chi connectivity index (χ2n) is 7.83. The van der Waals surface area contributed by atoms with Gasteiger partial charge < -0.3 is 4.90 Å². The van der Waals surface area contributed by atoms with Gasteiger partial charge in [-0.3, -0.25) is 14.5 Å². The molecule has 0 spiro atoms. The lowest BCUT2D eigenvalue weighted by atomic mass is 9.95. The van der Waals surface area contributed by atoms with E-state index >= 15 is 0 Å². The minimum absolute atomic E-state index is 0.0371. The number of pyridine rings is 1. The van der Waals surface area contributed by atoms with E-state index in [1.807, 2.05) is 49.2 Å². The van der Waals surface area contributed by atoms with Crippen LogP contribution in [0.4, 0.5) is 4.39 Å². The topological polar surface area (TPSA) is 51.0 Å². The average Bonchev–Trinajstić information content (AvgIpc) is 3.09. The number of amides is 1. The quantitative estimate of drug-likeness (QED) is 0.436. The van der Waals surface area contributed by atoms with E-state index in [2.05, 4.69) is 4.98 Å². The standard InChI is InChI=1S/C24H20ClFN4O/c1-14-22-20(23(29(2)28-22)17-11-18(25)13-19(26)12-17)7-9-30(14)24(31)16-5-6-21-15(10-16)4-3-8-27-21/h3-6,8,10-14H,7,9H2,1-2H3/t14-/m1/s1. The smallest absolute Gasteiger partial charge is 0.254 e.